The summed E-state index contributed by atoms with van der Waals surface area (Å²) in [6.45, 7) is 1.67. The summed E-state index contributed by atoms with van der Waals surface area (Å²) in [6.07, 6.45) is 1.51. The summed E-state index contributed by atoms with van der Waals surface area (Å²) in [7, 11) is -2.22. The van der Waals surface area contributed by atoms with Crippen LogP contribution in [0.2, 0.25) is 0 Å². The van der Waals surface area contributed by atoms with Gasteiger partial charge in [-0.1, -0.05) is 24.3 Å². The van der Waals surface area contributed by atoms with Crippen molar-refractivity contribution in [1.82, 2.24) is 9.78 Å². The second-order valence-corrected chi connectivity index (χ2v) is 6.85. The lowest BCUT2D eigenvalue weighted by atomic mass is 10.3. The molecule has 0 spiro atoms. The predicted molar refractivity (Wildman–Crippen MR) is 92.1 cm³/mol. The number of methoxy groups -OCH3 is 1. The van der Waals surface area contributed by atoms with E-state index in [0.717, 1.165) is 5.69 Å². The molecule has 3 rings (SSSR count). The Bertz CT molecular complexity index is 950. The third-order valence-electron chi connectivity index (χ3n) is 3.49. The van der Waals surface area contributed by atoms with E-state index < -0.39 is 10.0 Å². The van der Waals surface area contributed by atoms with E-state index in [1.807, 2.05) is 30.3 Å². The number of hydrogen-bond donors (Lipinski definition) is 1. The lowest BCUT2D eigenvalue weighted by Gasteiger charge is -2.08. The van der Waals surface area contributed by atoms with E-state index in [2.05, 4.69) is 9.82 Å². The van der Waals surface area contributed by atoms with Crippen LogP contribution in [0.25, 0.3) is 5.69 Å². The van der Waals surface area contributed by atoms with Gasteiger partial charge in [0.1, 0.15) is 10.6 Å². The van der Waals surface area contributed by atoms with E-state index in [1.54, 1.807) is 35.9 Å². The third-order valence-corrected chi connectivity index (χ3v) is 4.97. The molecule has 0 aliphatic rings. The first-order valence-electron chi connectivity index (χ1n) is 7.28. The van der Waals surface area contributed by atoms with Crippen molar-refractivity contribution < 1.29 is 13.2 Å². The molecule has 7 heteroatoms. The monoisotopic (exact) mass is 343 g/mol. The van der Waals surface area contributed by atoms with Crippen LogP contribution in [0.15, 0.2) is 65.7 Å². The van der Waals surface area contributed by atoms with Crippen LogP contribution in [0.4, 0.5) is 5.69 Å². The van der Waals surface area contributed by atoms with E-state index in [9.17, 15) is 8.42 Å². The molecule has 0 radical (unpaired) electrons. The lowest BCUT2D eigenvalue weighted by Crippen LogP contribution is -2.13. The molecule has 6 nitrogen and oxygen atoms in total. The number of nitrogens with zero attached hydrogens (tertiary/aromatic N) is 2. The number of nitrogens with one attached hydrogen (secondary N) is 1. The van der Waals surface area contributed by atoms with Crippen molar-refractivity contribution in [2.45, 2.75) is 11.8 Å². The second-order valence-electron chi connectivity index (χ2n) is 5.20. The van der Waals surface area contributed by atoms with E-state index in [4.69, 9.17) is 4.74 Å². The van der Waals surface area contributed by atoms with Gasteiger partial charge in [0.2, 0.25) is 0 Å². The number of benzene rings is 2. The zero-order chi connectivity index (χ0) is 17.2. The van der Waals surface area contributed by atoms with Crippen LogP contribution in [0.5, 0.6) is 5.75 Å². The quantitative estimate of drug-likeness (QED) is 0.773. The zero-order valence-corrected chi connectivity index (χ0v) is 14.1. The molecule has 0 fully saturated rings. The summed E-state index contributed by atoms with van der Waals surface area (Å²) in [5, 5.41) is 4.30. The van der Waals surface area contributed by atoms with E-state index in [0.29, 0.717) is 17.1 Å². The number of para-hydroxylation sites is 1. The molecule has 0 saturated carbocycles. The number of rotatable bonds is 5. The van der Waals surface area contributed by atoms with Crippen LogP contribution < -0.4 is 9.46 Å². The summed E-state index contributed by atoms with van der Waals surface area (Å²) in [6, 6.07) is 16.1. The Morgan fingerprint density at radius 2 is 1.83 bits per heavy atom. The molecule has 1 N–H and O–H groups in total. The average molecular weight is 343 g/mol. The highest BCUT2D eigenvalue weighted by atomic mass is 32.2. The van der Waals surface area contributed by atoms with Crippen molar-refractivity contribution in [1.29, 1.82) is 0 Å². The SMILES string of the molecule is COc1cccc(NS(=O)(=O)c2cn(-c3ccccc3)nc2C)c1. The van der Waals surface area contributed by atoms with Gasteiger partial charge in [0.25, 0.3) is 10.0 Å². The minimum absolute atomic E-state index is 0.133. The van der Waals surface area contributed by atoms with E-state index in [-0.39, 0.29) is 4.90 Å². The fourth-order valence-corrected chi connectivity index (χ4v) is 3.53. The Balaban J connectivity index is 1.94. The van der Waals surface area contributed by atoms with Gasteiger partial charge in [-0.05, 0) is 31.2 Å². The largest absolute Gasteiger partial charge is 0.497 e. The topological polar surface area (TPSA) is 73.2 Å². The van der Waals surface area contributed by atoms with E-state index >= 15 is 0 Å². The third kappa shape index (κ3) is 3.26. The smallest absolute Gasteiger partial charge is 0.265 e. The molecule has 0 bridgehead atoms. The second kappa shape index (κ2) is 6.37. The van der Waals surface area contributed by atoms with Gasteiger partial charge in [0.15, 0.2) is 0 Å². The van der Waals surface area contributed by atoms with Crippen LogP contribution in [0, 0.1) is 6.92 Å². The van der Waals surface area contributed by atoms with Crippen molar-refractivity contribution in [3.63, 3.8) is 0 Å². The van der Waals surface area contributed by atoms with Crippen molar-refractivity contribution in [3.05, 3.63) is 66.5 Å². The Morgan fingerprint density at radius 3 is 2.54 bits per heavy atom. The molecular formula is C17H17N3O3S. The number of aryl methyl sites for hydroxylation is 1. The van der Waals surface area contributed by atoms with Gasteiger partial charge in [-0.25, -0.2) is 13.1 Å². The Kier molecular flexibility index (Phi) is 4.26. The highest BCUT2D eigenvalue weighted by Gasteiger charge is 2.21. The standard InChI is InChI=1S/C17H17N3O3S/c1-13-17(12-20(18-13)15-8-4-3-5-9-15)24(21,22)19-14-7-6-10-16(11-14)23-2/h3-12,19H,1-2H3. The molecule has 24 heavy (non-hydrogen) atoms. The summed E-state index contributed by atoms with van der Waals surface area (Å²) in [5.41, 5.74) is 1.65. The van der Waals surface area contributed by atoms with Crippen LogP contribution in [0.3, 0.4) is 0 Å². The van der Waals surface area contributed by atoms with Crippen LogP contribution in [-0.2, 0) is 10.0 Å². The Hall–Kier alpha value is -2.80. The molecule has 3 aromatic rings. The molecule has 0 saturated heterocycles. The lowest BCUT2D eigenvalue weighted by molar-refractivity contribution is 0.415. The molecule has 124 valence electrons. The van der Waals surface area contributed by atoms with Gasteiger partial charge < -0.3 is 4.74 Å². The minimum atomic E-state index is -3.75. The summed E-state index contributed by atoms with van der Waals surface area (Å²) < 4.78 is 34.5. The van der Waals surface area contributed by atoms with Gasteiger partial charge in [-0.15, -0.1) is 0 Å². The van der Waals surface area contributed by atoms with Crippen LogP contribution in [-0.4, -0.2) is 25.3 Å². The molecule has 0 amide bonds. The molecular weight excluding hydrogens is 326 g/mol. The van der Waals surface area contributed by atoms with Crippen molar-refractivity contribution in [3.8, 4) is 11.4 Å². The number of anilines is 1. The summed E-state index contributed by atoms with van der Waals surface area (Å²) >= 11 is 0. The number of ether oxygens (including phenoxy) is 1. The number of aromatic nitrogens is 2. The first-order chi connectivity index (χ1) is 11.5. The average Bonchev–Trinajstić information content (AvgIpc) is 2.98. The highest BCUT2D eigenvalue weighted by molar-refractivity contribution is 7.92. The fraction of sp³-hybridized carbons (Fsp3) is 0.118. The van der Waals surface area contributed by atoms with Crippen molar-refractivity contribution in [2.24, 2.45) is 0 Å². The minimum Gasteiger partial charge on any atom is -0.497 e. The van der Waals surface area contributed by atoms with Gasteiger partial charge >= 0.3 is 0 Å². The zero-order valence-electron chi connectivity index (χ0n) is 13.3. The van der Waals surface area contributed by atoms with Crippen LogP contribution >= 0.6 is 0 Å². The maximum atomic E-state index is 12.7. The predicted octanol–water partition coefficient (Wildman–Crippen LogP) is 2.99. The molecule has 0 atom stereocenters. The highest BCUT2D eigenvalue weighted by Crippen LogP contribution is 2.22. The maximum absolute atomic E-state index is 12.7. The first kappa shape index (κ1) is 16.1. The number of hydrogen-bond acceptors (Lipinski definition) is 4. The van der Waals surface area contributed by atoms with Gasteiger partial charge in [-0.3, -0.25) is 4.72 Å². The molecule has 0 aliphatic heterocycles. The van der Waals surface area contributed by atoms with Gasteiger partial charge in [-0.2, -0.15) is 5.10 Å². The van der Waals surface area contributed by atoms with Gasteiger partial charge in [0.05, 0.1) is 30.4 Å². The Morgan fingerprint density at radius 1 is 1.08 bits per heavy atom. The number of sulfonamides is 1. The molecule has 2 aromatic carbocycles. The molecule has 1 heterocycles. The normalized spacial score (nSPS) is 11.2. The van der Waals surface area contributed by atoms with Crippen LogP contribution in [0.1, 0.15) is 5.69 Å². The Labute approximate surface area is 140 Å². The fourth-order valence-electron chi connectivity index (χ4n) is 2.32. The molecule has 0 aliphatic carbocycles. The van der Waals surface area contributed by atoms with E-state index in [1.165, 1.54) is 13.3 Å². The van der Waals surface area contributed by atoms with Crippen molar-refractivity contribution in [2.75, 3.05) is 11.8 Å². The maximum Gasteiger partial charge on any atom is 0.265 e. The van der Waals surface area contributed by atoms with Crippen molar-refractivity contribution >= 4 is 15.7 Å². The molecule has 0 unspecified atom stereocenters. The summed E-state index contributed by atoms with van der Waals surface area (Å²) in [5.74, 6) is 0.576. The summed E-state index contributed by atoms with van der Waals surface area (Å²) in [4.78, 5) is 0.133. The molecule has 1 aromatic heterocycles. The first-order valence-corrected chi connectivity index (χ1v) is 8.76. The van der Waals surface area contributed by atoms with Gasteiger partial charge in [0, 0.05) is 6.07 Å².